The summed E-state index contributed by atoms with van der Waals surface area (Å²) in [4.78, 5) is 51.9. The highest BCUT2D eigenvalue weighted by Gasteiger charge is 2.17. The first kappa shape index (κ1) is 21.1. The topological polar surface area (TPSA) is 134 Å². The number of carbonyl (C=O) groups excluding carboxylic acids is 2. The summed E-state index contributed by atoms with van der Waals surface area (Å²) in [5.74, 6) is -1.42. The van der Waals surface area contributed by atoms with E-state index in [1.54, 1.807) is 31.2 Å². The monoisotopic (exact) mass is 453 g/mol. The van der Waals surface area contributed by atoms with Gasteiger partial charge in [-0.2, -0.15) is 4.99 Å². The summed E-state index contributed by atoms with van der Waals surface area (Å²) in [5, 5.41) is 11.7. The zero-order valence-corrected chi connectivity index (χ0v) is 17.5. The normalized spacial score (nSPS) is 11.7. The first-order valence-electron chi connectivity index (χ1n) is 9.42. The van der Waals surface area contributed by atoms with Gasteiger partial charge in [-0.3, -0.25) is 19.7 Å². The van der Waals surface area contributed by atoms with Crippen molar-refractivity contribution in [2.45, 2.75) is 13.5 Å². The Bertz CT molecular complexity index is 1510. The van der Waals surface area contributed by atoms with E-state index >= 15 is 0 Å². The number of nitro groups is 1. The SMILES string of the molecule is CCOC(=O)Cn1c(=NC(=O)c2cc3ccccc3oc2=O)sc2cc([N+](=O)[O-])ccc21. The summed E-state index contributed by atoms with van der Waals surface area (Å²) < 4.78 is 12.0. The van der Waals surface area contributed by atoms with Crippen LogP contribution in [0.4, 0.5) is 5.69 Å². The van der Waals surface area contributed by atoms with E-state index in [-0.39, 0.29) is 29.2 Å². The number of esters is 1. The minimum Gasteiger partial charge on any atom is -0.465 e. The van der Waals surface area contributed by atoms with Crippen molar-refractivity contribution in [2.75, 3.05) is 6.61 Å². The van der Waals surface area contributed by atoms with Gasteiger partial charge in [0.15, 0.2) is 4.80 Å². The molecule has 0 radical (unpaired) electrons. The molecule has 0 N–H and O–H groups in total. The van der Waals surface area contributed by atoms with E-state index in [0.29, 0.717) is 21.2 Å². The van der Waals surface area contributed by atoms with Gasteiger partial charge in [0.1, 0.15) is 17.7 Å². The summed E-state index contributed by atoms with van der Waals surface area (Å²) in [6.07, 6.45) is 0. The van der Waals surface area contributed by atoms with Crippen molar-refractivity contribution in [1.82, 2.24) is 4.57 Å². The smallest absolute Gasteiger partial charge is 0.349 e. The maximum atomic E-state index is 12.8. The molecule has 4 rings (SSSR count). The van der Waals surface area contributed by atoms with Gasteiger partial charge in [-0.1, -0.05) is 29.5 Å². The molecule has 2 aromatic heterocycles. The molecular weight excluding hydrogens is 438 g/mol. The fourth-order valence-electron chi connectivity index (χ4n) is 3.11. The summed E-state index contributed by atoms with van der Waals surface area (Å²) in [5.41, 5.74) is -0.456. The maximum Gasteiger partial charge on any atom is 0.349 e. The highest BCUT2D eigenvalue weighted by Crippen LogP contribution is 2.23. The van der Waals surface area contributed by atoms with Crippen molar-refractivity contribution in [1.29, 1.82) is 0 Å². The standard InChI is InChI=1S/C21H15N3O7S/c1-2-30-18(25)11-23-15-8-7-13(24(28)29)10-17(15)32-21(23)22-19(26)14-9-12-5-3-4-6-16(12)31-20(14)27/h3-10H,2,11H2,1H3. The number of fused-ring (bicyclic) bond motifs is 2. The molecule has 0 fully saturated rings. The highest BCUT2D eigenvalue weighted by molar-refractivity contribution is 7.16. The van der Waals surface area contributed by atoms with Crippen LogP contribution in [0.5, 0.6) is 0 Å². The molecule has 10 nitrogen and oxygen atoms in total. The third-order valence-electron chi connectivity index (χ3n) is 4.54. The van der Waals surface area contributed by atoms with Gasteiger partial charge < -0.3 is 13.7 Å². The van der Waals surface area contributed by atoms with E-state index in [1.807, 2.05) is 0 Å². The minimum absolute atomic E-state index is 0.0890. The molecule has 32 heavy (non-hydrogen) atoms. The Balaban J connectivity index is 1.87. The number of carbonyl (C=O) groups is 2. The number of hydrogen-bond acceptors (Lipinski definition) is 8. The maximum absolute atomic E-state index is 12.8. The summed E-state index contributed by atoms with van der Waals surface area (Å²) in [7, 11) is 0. The van der Waals surface area contributed by atoms with Gasteiger partial charge in [0.2, 0.25) is 0 Å². The van der Waals surface area contributed by atoms with Crippen molar-refractivity contribution in [3.05, 3.63) is 79.4 Å². The van der Waals surface area contributed by atoms with Crippen molar-refractivity contribution < 1.29 is 23.7 Å². The Kier molecular flexibility index (Phi) is 5.65. The molecule has 4 aromatic rings. The summed E-state index contributed by atoms with van der Waals surface area (Å²) in [6.45, 7) is 1.56. The van der Waals surface area contributed by atoms with Crippen LogP contribution in [0.1, 0.15) is 17.3 Å². The van der Waals surface area contributed by atoms with Gasteiger partial charge in [0.25, 0.3) is 11.6 Å². The predicted octanol–water partition coefficient (Wildman–Crippen LogP) is 3.02. The Morgan fingerprint density at radius 2 is 2.00 bits per heavy atom. The molecule has 0 atom stereocenters. The van der Waals surface area contributed by atoms with Crippen LogP contribution in [0.2, 0.25) is 0 Å². The Hall–Kier alpha value is -4.12. The van der Waals surface area contributed by atoms with Gasteiger partial charge >= 0.3 is 11.6 Å². The van der Waals surface area contributed by atoms with Gasteiger partial charge in [-0.15, -0.1) is 0 Å². The first-order chi connectivity index (χ1) is 15.4. The van der Waals surface area contributed by atoms with Gasteiger partial charge in [0.05, 0.1) is 21.7 Å². The van der Waals surface area contributed by atoms with E-state index in [4.69, 9.17) is 9.15 Å². The number of thiazole rings is 1. The Morgan fingerprint density at radius 1 is 1.22 bits per heavy atom. The molecule has 0 saturated carbocycles. The van der Waals surface area contributed by atoms with Gasteiger partial charge in [0, 0.05) is 17.5 Å². The lowest BCUT2D eigenvalue weighted by molar-refractivity contribution is -0.384. The number of nitro benzene ring substituents is 1. The number of aromatic nitrogens is 1. The van der Waals surface area contributed by atoms with Crippen LogP contribution in [0.15, 0.2) is 62.7 Å². The molecular formula is C21H15N3O7S. The number of hydrogen-bond donors (Lipinski definition) is 0. The minimum atomic E-state index is -0.858. The average Bonchev–Trinajstić information content (AvgIpc) is 3.09. The zero-order valence-electron chi connectivity index (χ0n) is 16.6. The van der Waals surface area contributed by atoms with Crippen molar-refractivity contribution in [3.8, 4) is 0 Å². The third kappa shape index (κ3) is 4.05. The van der Waals surface area contributed by atoms with Gasteiger partial charge in [-0.25, -0.2) is 4.79 Å². The molecule has 0 bridgehead atoms. The quantitative estimate of drug-likeness (QED) is 0.196. The van der Waals surface area contributed by atoms with Crippen LogP contribution in [0.25, 0.3) is 21.2 Å². The second kappa shape index (κ2) is 8.55. The lowest BCUT2D eigenvalue weighted by atomic mass is 10.2. The molecule has 2 aromatic carbocycles. The largest absolute Gasteiger partial charge is 0.465 e. The third-order valence-corrected chi connectivity index (χ3v) is 5.58. The van der Waals surface area contributed by atoms with Crippen LogP contribution in [0.3, 0.4) is 0 Å². The number of nitrogens with zero attached hydrogens (tertiary/aromatic N) is 3. The molecule has 0 unspecified atom stereocenters. The fraction of sp³-hybridized carbons (Fsp3) is 0.143. The molecule has 0 saturated heterocycles. The highest BCUT2D eigenvalue weighted by atomic mass is 32.1. The van der Waals surface area contributed by atoms with Crippen molar-refractivity contribution in [2.24, 2.45) is 4.99 Å². The molecule has 2 heterocycles. The van der Waals surface area contributed by atoms with E-state index in [0.717, 1.165) is 11.3 Å². The van der Waals surface area contributed by atoms with E-state index in [2.05, 4.69) is 4.99 Å². The Labute approximate surface area is 183 Å². The number of non-ortho nitro benzene ring substituents is 1. The second-order valence-electron chi connectivity index (χ2n) is 6.59. The van der Waals surface area contributed by atoms with Gasteiger partial charge in [-0.05, 0) is 25.1 Å². The predicted molar refractivity (Wildman–Crippen MR) is 115 cm³/mol. The van der Waals surface area contributed by atoms with Crippen molar-refractivity contribution in [3.63, 3.8) is 0 Å². The second-order valence-corrected chi connectivity index (χ2v) is 7.60. The number of benzene rings is 2. The molecule has 1 amide bonds. The van der Waals surface area contributed by atoms with Crippen molar-refractivity contribution >= 4 is 50.1 Å². The molecule has 0 aliphatic heterocycles. The summed E-state index contributed by atoms with van der Waals surface area (Å²) >= 11 is 0.979. The lowest BCUT2D eigenvalue weighted by Crippen LogP contribution is -2.24. The first-order valence-corrected chi connectivity index (χ1v) is 10.2. The molecule has 11 heteroatoms. The van der Waals surface area contributed by atoms with E-state index in [9.17, 15) is 24.5 Å². The number of ether oxygens (including phenoxy) is 1. The summed E-state index contributed by atoms with van der Waals surface area (Å²) in [6, 6.07) is 12.2. The molecule has 162 valence electrons. The van der Waals surface area contributed by atoms with E-state index in [1.165, 1.54) is 28.8 Å². The molecule has 0 aliphatic carbocycles. The number of amides is 1. The van der Waals surface area contributed by atoms with Crippen LogP contribution < -0.4 is 10.4 Å². The lowest BCUT2D eigenvalue weighted by Gasteiger charge is -2.05. The molecule has 0 spiro atoms. The van der Waals surface area contributed by atoms with Crippen LogP contribution >= 0.6 is 11.3 Å². The van der Waals surface area contributed by atoms with Crippen LogP contribution in [-0.4, -0.2) is 28.0 Å². The Morgan fingerprint density at radius 3 is 2.75 bits per heavy atom. The van der Waals surface area contributed by atoms with Crippen LogP contribution in [0, 0.1) is 10.1 Å². The molecule has 0 aliphatic rings. The average molecular weight is 453 g/mol. The fourth-order valence-corrected chi connectivity index (χ4v) is 4.17. The van der Waals surface area contributed by atoms with Crippen LogP contribution in [-0.2, 0) is 16.1 Å². The van der Waals surface area contributed by atoms with E-state index < -0.39 is 22.4 Å². The number of para-hydroxylation sites is 1. The zero-order chi connectivity index (χ0) is 22.8. The number of rotatable bonds is 5.